The molecule has 0 heterocycles. The van der Waals surface area contributed by atoms with Crippen molar-refractivity contribution in [2.45, 2.75) is 19.9 Å². The summed E-state index contributed by atoms with van der Waals surface area (Å²) in [5.41, 5.74) is 12.2. The Morgan fingerprint density at radius 3 is 2.50 bits per heavy atom. The molecule has 1 atom stereocenters. The molecule has 0 saturated heterocycles. The van der Waals surface area contributed by atoms with Gasteiger partial charge in [0.1, 0.15) is 5.75 Å². The van der Waals surface area contributed by atoms with Gasteiger partial charge in [0, 0.05) is 35.3 Å². The third-order valence-electron chi connectivity index (χ3n) is 2.72. The fourth-order valence-corrected chi connectivity index (χ4v) is 1.51. The maximum atomic E-state index is 10.8. The van der Waals surface area contributed by atoms with Gasteiger partial charge in [0.05, 0.1) is 4.92 Å². The van der Waals surface area contributed by atoms with E-state index in [-0.39, 0.29) is 18.0 Å². The Kier molecular flexibility index (Phi) is 3.46. The fraction of sp³-hybridized carbons (Fsp3) is 0.400. The van der Waals surface area contributed by atoms with Crippen LogP contribution >= 0.6 is 0 Å². The molecule has 0 aliphatic heterocycles. The zero-order valence-electron chi connectivity index (χ0n) is 9.23. The lowest BCUT2D eigenvalue weighted by atomic mass is 9.98. The molecule has 1 rings (SSSR count). The van der Waals surface area contributed by atoms with Crippen LogP contribution in [0.1, 0.15) is 22.7 Å². The van der Waals surface area contributed by atoms with Crippen LogP contribution in [-0.4, -0.2) is 16.6 Å². The van der Waals surface area contributed by atoms with Crippen LogP contribution in [0.3, 0.4) is 0 Å². The standard InChI is InChI=1S/C10H15N3O3/c1-5-6(2)10(14)7(8(12)4-11)3-9(5)13(15)16/h3,8,14H,4,11-12H2,1-2H3/t8-/m0/s1. The number of phenolic OH excluding ortho intramolecular Hbond substituents is 1. The third-order valence-corrected chi connectivity index (χ3v) is 2.72. The van der Waals surface area contributed by atoms with Crippen LogP contribution in [0.4, 0.5) is 5.69 Å². The second kappa shape index (κ2) is 4.46. The molecule has 1 aromatic rings. The van der Waals surface area contributed by atoms with Gasteiger partial charge in [-0.25, -0.2) is 0 Å². The minimum atomic E-state index is -0.599. The molecular weight excluding hydrogens is 210 g/mol. The number of hydrogen-bond donors (Lipinski definition) is 3. The van der Waals surface area contributed by atoms with Gasteiger partial charge in [0.25, 0.3) is 5.69 Å². The Morgan fingerprint density at radius 1 is 1.50 bits per heavy atom. The zero-order chi connectivity index (χ0) is 12.5. The molecule has 16 heavy (non-hydrogen) atoms. The average Bonchev–Trinajstić information content (AvgIpc) is 2.25. The lowest BCUT2D eigenvalue weighted by Gasteiger charge is -2.14. The van der Waals surface area contributed by atoms with Crippen molar-refractivity contribution in [2.75, 3.05) is 6.54 Å². The van der Waals surface area contributed by atoms with Gasteiger partial charge >= 0.3 is 0 Å². The molecule has 0 aromatic heterocycles. The lowest BCUT2D eigenvalue weighted by molar-refractivity contribution is -0.385. The zero-order valence-corrected chi connectivity index (χ0v) is 9.23. The summed E-state index contributed by atoms with van der Waals surface area (Å²) < 4.78 is 0. The van der Waals surface area contributed by atoms with Crippen LogP contribution in [0.25, 0.3) is 0 Å². The second-order valence-electron chi connectivity index (χ2n) is 3.68. The van der Waals surface area contributed by atoms with E-state index in [0.29, 0.717) is 16.7 Å². The number of benzene rings is 1. The third kappa shape index (κ3) is 1.98. The van der Waals surface area contributed by atoms with E-state index >= 15 is 0 Å². The predicted octanol–water partition coefficient (Wildman–Crippen LogP) is 0.876. The van der Waals surface area contributed by atoms with Crippen molar-refractivity contribution in [2.24, 2.45) is 11.5 Å². The molecule has 6 heteroatoms. The minimum absolute atomic E-state index is 0.0129. The first-order valence-corrected chi connectivity index (χ1v) is 4.83. The number of hydrogen-bond acceptors (Lipinski definition) is 5. The number of rotatable bonds is 3. The van der Waals surface area contributed by atoms with Crippen molar-refractivity contribution in [3.63, 3.8) is 0 Å². The SMILES string of the molecule is Cc1c([N+](=O)[O-])cc([C@@H](N)CN)c(O)c1C. The molecule has 6 nitrogen and oxygen atoms in total. The molecular formula is C10H15N3O3. The first-order chi connectivity index (χ1) is 7.40. The van der Waals surface area contributed by atoms with Crippen molar-refractivity contribution in [1.29, 1.82) is 0 Å². The van der Waals surface area contributed by atoms with Gasteiger partial charge in [0.2, 0.25) is 0 Å². The van der Waals surface area contributed by atoms with Gasteiger partial charge < -0.3 is 16.6 Å². The summed E-state index contributed by atoms with van der Waals surface area (Å²) in [5, 5.41) is 20.6. The minimum Gasteiger partial charge on any atom is -0.507 e. The van der Waals surface area contributed by atoms with E-state index in [1.807, 2.05) is 0 Å². The Balaban J connectivity index is 3.47. The second-order valence-corrected chi connectivity index (χ2v) is 3.68. The van der Waals surface area contributed by atoms with E-state index in [1.165, 1.54) is 6.07 Å². The quantitative estimate of drug-likeness (QED) is 0.521. The van der Waals surface area contributed by atoms with Crippen LogP contribution in [0.2, 0.25) is 0 Å². The first kappa shape index (κ1) is 12.4. The normalized spacial score (nSPS) is 12.5. The maximum Gasteiger partial charge on any atom is 0.273 e. The van der Waals surface area contributed by atoms with Crippen LogP contribution in [0.5, 0.6) is 5.75 Å². The molecule has 88 valence electrons. The highest BCUT2D eigenvalue weighted by molar-refractivity contribution is 5.56. The smallest absolute Gasteiger partial charge is 0.273 e. The molecule has 5 N–H and O–H groups in total. The van der Waals surface area contributed by atoms with Crippen LogP contribution in [0, 0.1) is 24.0 Å². The summed E-state index contributed by atoms with van der Waals surface area (Å²) in [6.07, 6.45) is 0. The summed E-state index contributed by atoms with van der Waals surface area (Å²) in [4.78, 5) is 10.3. The summed E-state index contributed by atoms with van der Waals surface area (Å²) >= 11 is 0. The van der Waals surface area contributed by atoms with E-state index < -0.39 is 11.0 Å². The van der Waals surface area contributed by atoms with Crippen LogP contribution < -0.4 is 11.5 Å². The van der Waals surface area contributed by atoms with Crippen LogP contribution in [-0.2, 0) is 0 Å². The highest BCUT2D eigenvalue weighted by Crippen LogP contribution is 2.34. The number of nitrogens with two attached hydrogens (primary N) is 2. The lowest BCUT2D eigenvalue weighted by Crippen LogP contribution is -2.21. The Morgan fingerprint density at radius 2 is 2.06 bits per heavy atom. The van der Waals surface area contributed by atoms with Crippen molar-refractivity contribution in [3.8, 4) is 5.75 Å². The molecule has 0 spiro atoms. The van der Waals surface area contributed by atoms with Gasteiger partial charge in [-0.1, -0.05) is 0 Å². The molecule has 0 fully saturated rings. The summed E-state index contributed by atoms with van der Waals surface area (Å²) in [6.45, 7) is 3.32. The van der Waals surface area contributed by atoms with E-state index in [0.717, 1.165) is 0 Å². The maximum absolute atomic E-state index is 10.8. The Labute approximate surface area is 93.0 Å². The number of nitro groups is 1. The molecule has 0 saturated carbocycles. The average molecular weight is 225 g/mol. The monoisotopic (exact) mass is 225 g/mol. The molecule has 0 amide bonds. The number of aromatic hydroxyl groups is 1. The van der Waals surface area contributed by atoms with Gasteiger partial charge in [-0.3, -0.25) is 10.1 Å². The van der Waals surface area contributed by atoms with Crippen molar-refractivity contribution < 1.29 is 10.0 Å². The number of nitrogens with zero attached hydrogens (tertiary/aromatic N) is 1. The topological polar surface area (TPSA) is 115 Å². The molecule has 0 bridgehead atoms. The Bertz CT molecular complexity index is 432. The summed E-state index contributed by atoms with van der Waals surface area (Å²) in [7, 11) is 0. The van der Waals surface area contributed by atoms with E-state index in [1.54, 1.807) is 13.8 Å². The fourth-order valence-electron chi connectivity index (χ4n) is 1.51. The van der Waals surface area contributed by atoms with Crippen LogP contribution in [0.15, 0.2) is 6.07 Å². The van der Waals surface area contributed by atoms with Gasteiger partial charge in [-0.2, -0.15) is 0 Å². The largest absolute Gasteiger partial charge is 0.507 e. The Hall–Kier alpha value is -1.66. The van der Waals surface area contributed by atoms with Crippen molar-refractivity contribution >= 4 is 5.69 Å². The molecule has 1 aromatic carbocycles. The van der Waals surface area contributed by atoms with E-state index in [4.69, 9.17) is 11.5 Å². The summed E-state index contributed by atoms with van der Waals surface area (Å²) in [5.74, 6) is -0.0129. The van der Waals surface area contributed by atoms with Crippen molar-refractivity contribution in [3.05, 3.63) is 32.9 Å². The first-order valence-electron chi connectivity index (χ1n) is 4.83. The van der Waals surface area contributed by atoms with Gasteiger partial charge in [-0.15, -0.1) is 0 Å². The molecule has 0 unspecified atom stereocenters. The summed E-state index contributed by atoms with van der Waals surface area (Å²) in [6, 6.07) is 0.688. The van der Waals surface area contributed by atoms with E-state index in [2.05, 4.69) is 0 Å². The predicted molar refractivity (Wildman–Crippen MR) is 60.2 cm³/mol. The molecule has 0 radical (unpaired) electrons. The number of nitro benzene ring substituents is 1. The van der Waals surface area contributed by atoms with Crippen molar-refractivity contribution in [1.82, 2.24) is 0 Å². The van der Waals surface area contributed by atoms with Gasteiger partial charge in [-0.05, 0) is 13.8 Å². The highest BCUT2D eigenvalue weighted by atomic mass is 16.6. The highest BCUT2D eigenvalue weighted by Gasteiger charge is 2.21. The molecule has 0 aliphatic rings. The number of phenols is 1. The van der Waals surface area contributed by atoms with E-state index in [9.17, 15) is 15.2 Å². The molecule has 0 aliphatic carbocycles. The van der Waals surface area contributed by atoms with Gasteiger partial charge in [0.15, 0.2) is 0 Å².